The summed E-state index contributed by atoms with van der Waals surface area (Å²) >= 11 is 0. The molecule has 2 amide bonds. The number of carbonyl (C=O) groups excluding carboxylic acids is 3. The fourth-order valence-electron chi connectivity index (χ4n) is 2.54. The van der Waals surface area contributed by atoms with Gasteiger partial charge in [-0.05, 0) is 30.9 Å². The maximum absolute atomic E-state index is 12.6. The van der Waals surface area contributed by atoms with Crippen LogP contribution in [0.4, 0.5) is 0 Å². The Labute approximate surface area is 163 Å². The molecule has 2 aromatic heterocycles. The summed E-state index contributed by atoms with van der Waals surface area (Å²) in [6, 6.07) is 3.56. The molecule has 0 aliphatic rings. The largest absolute Gasteiger partial charge is 0.433 e. The van der Waals surface area contributed by atoms with Crippen molar-refractivity contribution in [2.75, 3.05) is 6.54 Å². The predicted molar refractivity (Wildman–Crippen MR) is 103 cm³/mol. The Hall–Kier alpha value is -3.03. The normalized spacial score (nSPS) is 12.0. The van der Waals surface area contributed by atoms with Crippen molar-refractivity contribution in [3.8, 4) is 11.5 Å². The molecule has 0 aliphatic carbocycles. The average molecular weight is 386 g/mol. The Balaban J connectivity index is 2.06. The first-order valence-corrected chi connectivity index (χ1v) is 9.27. The Morgan fingerprint density at radius 3 is 2.61 bits per heavy atom. The van der Waals surface area contributed by atoms with E-state index in [0.717, 1.165) is 0 Å². The SMILES string of the molecule is CC(C)Cc1nc(-c2cccnc2)oc1C(=O)CNC(=O)CCC(C)C(N)=O. The zero-order valence-corrected chi connectivity index (χ0v) is 16.4. The van der Waals surface area contributed by atoms with Gasteiger partial charge in [-0.3, -0.25) is 19.4 Å². The van der Waals surface area contributed by atoms with E-state index in [1.54, 1.807) is 31.5 Å². The maximum Gasteiger partial charge on any atom is 0.228 e. The molecule has 0 radical (unpaired) electrons. The number of primary amides is 1. The lowest BCUT2D eigenvalue weighted by molar-refractivity contribution is -0.123. The lowest BCUT2D eigenvalue weighted by atomic mass is 10.0. The molecule has 0 aliphatic heterocycles. The van der Waals surface area contributed by atoms with E-state index in [2.05, 4.69) is 15.3 Å². The topological polar surface area (TPSA) is 128 Å². The summed E-state index contributed by atoms with van der Waals surface area (Å²) < 4.78 is 5.71. The molecular formula is C20H26N4O4. The number of pyridine rings is 1. The Morgan fingerprint density at radius 2 is 2.00 bits per heavy atom. The number of oxazole rings is 1. The Bertz CT molecular complexity index is 830. The third-order valence-electron chi connectivity index (χ3n) is 4.20. The summed E-state index contributed by atoms with van der Waals surface area (Å²) in [6.07, 6.45) is 4.28. The number of carbonyl (C=O) groups is 3. The van der Waals surface area contributed by atoms with Crippen LogP contribution in [0.1, 0.15) is 49.9 Å². The fourth-order valence-corrected chi connectivity index (χ4v) is 2.54. The summed E-state index contributed by atoms with van der Waals surface area (Å²) in [7, 11) is 0. The van der Waals surface area contributed by atoms with Crippen LogP contribution in [0.5, 0.6) is 0 Å². The van der Waals surface area contributed by atoms with Crippen molar-refractivity contribution in [2.45, 2.75) is 40.0 Å². The van der Waals surface area contributed by atoms with Crippen molar-refractivity contribution in [1.82, 2.24) is 15.3 Å². The van der Waals surface area contributed by atoms with Crippen LogP contribution >= 0.6 is 0 Å². The number of aromatic nitrogens is 2. The Morgan fingerprint density at radius 1 is 1.25 bits per heavy atom. The summed E-state index contributed by atoms with van der Waals surface area (Å²) in [4.78, 5) is 44.0. The monoisotopic (exact) mass is 386 g/mol. The molecule has 8 nitrogen and oxygen atoms in total. The third-order valence-corrected chi connectivity index (χ3v) is 4.20. The maximum atomic E-state index is 12.6. The molecule has 28 heavy (non-hydrogen) atoms. The molecule has 3 N–H and O–H groups in total. The Kier molecular flexibility index (Phi) is 7.43. The first-order valence-electron chi connectivity index (χ1n) is 9.27. The van der Waals surface area contributed by atoms with Gasteiger partial charge in [-0.2, -0.15) is 0 Å². The zero-order valence-electron chi connectivity index (χ0n) is 16.4. The lowest BCUT2D eigenvalue weighted by Gasteiger charge is -2.07. The van der Waals surface area contributed by atoms with Gasteiger partial charge in [0.2, 0.25) is 23.5 Å². The van der Waals surface area contributed by atoms with Gasteiger partial charge in [0.15, 0.2) is 5.76 Å². The molecule has 150 valence electrons. The van der Waals surface area contributed by atoms with Crippen LogP contribution in [0, 0.1) is 11.8 Å². The minimum atomic E-state index is -0.452. The van der Waals surface area contributed by atoms with Crippen molar-refractivity contribution in [3.63, 3.8) is 0 Å². The molecule has 2 rings (SSSR count). The summed E-state index contributed by atoms with van der Waals surface area (Å²) in [5, 5.41) is 2.56. The van der Waals surface area contributed by atoms with Gasteiger partial charge in [-0.25, -0.2) is 4.98 Å². The molecule has 0 spiro atoms. The molecule has 2 aromatic rings. The van der Waals surface area contributed by atoms with Gasteiger partial charge < -0.3 is 15.5 Å². The van der Waals surface area contributed by atoms with Crippen molar-refractivity contribution >= 4 is 17.6 Å². The van der Waals surface area contributed by atoms with E-state index in [-0.39, 0.29) is 36.3 Å². The molecule has 0 saturated heterocycles. The van der Waals surface area contributed by atoms with Crippen molar-refractivity contribution < 1.29 is 18.8 Å². The van der Waals surface area contributed by atoms with E-state index in [1.807, 2.05) is 13.8 Å². The van der Waals surface area contributed by atoms with Crippen LogP contribution in [-0.2, 0) is 16.0 Å². The molecule has 0 bridgehead atoms. The van der Waals surface area contributed by atoms with E-state index < -0.39 is 11.8 Å². The molecule has 0 fully saturated rings. The quantitative estimate of drug-likeness (QED) is 0.602. The van der Waals surface area contributed by atoms with Crippen molar-refractivity contribution in [2.24, 2.45) is 17.6 Å². The number of nitrogens with two attached hydrogens (primary N) is 1. The number of amides is 2. The van der Waals surface area contributed by atoms with Gasteiger partial charge in [0.1, 0.15) is 0 Å². The first kappa shape index (κ1) is 21.3. The average Bonchev–Trinajstić information content (AvgIpc) is 3.07. The molecule has 1 atom stereocenters. The smallest absolute Gasteiger partial charge is 0.228 e. The minimum Gasteiger partial charge on any atom is -0.433 e. The van der Waals surface area contributed by atoms with E-state index >= 15 is 0 Å². The lowest BCUT2D eigenvalue weighted by Crippen LogP contribution is -2.31. The van der Waals surface area contributed by atoms with Crippen molar-refractivity contribution in [1.29, 1.82) is 0 Å². The van der Waals surface area contributed by atoms with E-state index in [4.69, 9.17) is 10.2 Å². The summed E-state index contributed by atoms with van der Waals surface area (Å²) in [6.45, 7) is 5.51. The molecular weight excluding hydrogens is 360 g/mol. The van der Waals surface area contributed by atoms with E-state index in [9.17, 15) is 14.4 Å². The first-order chi connectivity index (χ1) is 13.3. The van der Waals surface area contributed by atoms with Crippen LogP contribution < -0.4 is 11.1 Å². The fraction of sp³-hybridized carbons (Fsp3) is 0.450. The van der Waals surface area contributed by atoms with Gasteiger partial charge in [-0.1, -0.05) is 20.8 Å². The number of nitrogens with one attached hydrogen (secondary N) is 1. The number of Topliss-reactive ketones (excluding diaryl/α,β-unsaturated/α-hetero) is 1. The molecule has 2 heterocycles. The summed E-state index contributed by atoms with van der Waals surface area (Å²) in [5.74, 6) is -0.758. The van der Waals surface area contributed by atoms with E-state index in [1.165, 1.54) is 0 Å². The molecule has 8 heteroatoms. The third kappa shape index (κ3) is 6.00. The van der Waals surface area contributed by atoms with Crippen molar-refractivity contribution in [3.05, 3.63) is 36.0 Å². The van der Waals surface area contributed by atoms with Gasteiger partial charge in [0.05, 0.1) is 17.8 Å². The van der Waals surface area contributed by atoms with Gasteiger partial charge in [0, 0.05) is 24.7 Å². The van der Waals surface area contributed by atoms with Crippen LogP contribution in [0.25, 0.3) is 11.5 Å². The molecule has 1 unspecified atom stereocenters. The van der Waals surface area contributed by atoms with E-state index in [0.29, 0.717) is 30.0 Å². The van der Waals surface area contributed by atoms with Crippen LogP contribution in [0.3, 0.4) is 0 Å². The number of hydrogen-bond acceptors (Lipinski definition) is 6. The summed E-state index contributed by atoms with van der Waals surface area (Å²) in [5.41, 5.74) is 6.42. The standard InChI is InChI=1S/C20H26N4O4/c1-12(2)9-15-18(28-20(24-15)14-5-4-8-22-10-14)16(25)11-23-17(26)7-6-13(3)19(21)27/h4-5,8,10,12-13H,6-7,9,11H2,1-3H3,(H2,21,27)(H,23,26). The van der Waals surface area contributed by atoms with Crippen LogP contribution in [0.2, 0.25) is 0 Å². The molecule has 0 saturated carbocycles. The highest BCUT2D eigenvalue weighted by molar-refractivity contribution is 5.98. The van der Waals surface area contributed by atoms with Gasteiger partial charge in [0.25, 0.3) is 0 Å². The second kappa shape index (κ2) is 9.77. The number of rotatable bonds is 10. The number of ketones is 1. The predicted octanol–water partition coefficient (Wildman–Crippen LogP) is 2.14. The van der Waals surface area contributed by atoms with Crippen LogP contribution in [0.15, 0.2) is 28.9 Å². The second-order valence-electron chi connectivity index (χ2n) is 7.18. The van der Waals surface area contributed by atoms with Crippen LogP contribution in [-0.4, -0.2) is 34.1 Å². The van der Waals surface area contributed by atoms with Gasteiger partial charge in [-0.15, -0.1) is 0 Å². The minimum absolute atomic E-state index is 0.119. The highest BCUT2D eigenvalue weighted by atomic mass is 16.4. The zero-order chi connectivity index (χ0) is 20.7. The number of nitrogens with zero attached hydrogens (tertiary/aromatic N) is 2. The van der Waals surface area contributed by atoms with Gasteiger partial charge >= 0.3 is 0 Å². The highest BCUT2D eigenvalue weighted by Crippen LogP contribution is 2.23. The molecule has 0 aromatic carbocycles. The number of hydrogen-bond donors (Lipinski definition) is 2. The highest BCUT2D eigenvalue weighted by Gasteiger charge is 2.22. The second-order valence-corrected chi connectivity index (χ2v) is 7.18.